The van der Waals surface area contributed by atoms with Crippen LogP contribution in [-0.2, 0) is 39.4 Å². The normalized spacial score (nSPS) is 24.8. The van der Waals surface area contributed by atoms with Gasteiger partial charge < -0.3 is 20.6 Å². The van der Waals surface area contributed by atoms with Gasteiger partial charge in [-0.1, -0.05) is 39.2 Å². The van der Waals surface area contributed by atoms with E-state index in [1.165, 1.54) is 0 Å². The molecule has 3 fully saturated rings. The predicted octanol–water partition coefficient (Wildman–Crippen LogP) is 2.40. The average Bonchev–Trinajstić information content (AvgIpc) is 3.27. The summed E-state index contributed by atoms with van der Waals surface area (Å²) in [6.45, 7) is 13.5. The number of aliphatic carboxylic acids is 1. The smallest absolute Gasteiger partial charge is 0.303 e. The lowest BCUT2D eigenvalue weighted by Crippen LogP contribution is -2.59. The van der Waals surface area contributed by atoms with Gasteiger partial charge in [0.25, 0.3) is 5.91 Å². The summed E-state index contributed by atoms with van der Waals surface area (Å²) in [5.74, 6) is -3.67. The molecule has 44 heavy (non-hydrogen) atoms. The Bertz CT molecular complexity index is 1130. The first kappa shape index (κ1) is 35.8. The van der Waals surface area contributed by atoms with E-state index >= 15 is 0 Å². The predicted molar refractivity (Wildman–Crippen MR) is 165 cm³/mol. The molecule has 1 aliphatic heterocycles. The van der Waals surface area contributed by atoms with Crippen molar-refractivity contribution in [2.45, 2.75) is 116 Å². The third-order valence-electron chi connectivity index (χ3n) is 9.07. The van der Waals surface area contributed by atoms with Gasteiger partial charge in [0.05, 0.1) is 11.6 Å². The Balaban J connectivity index is 1.80. The van der Waals surface area contributed by atoms with Crippen molar-refractivity contribution in [2.75, 3.05) is 13.1 Å². The molecule has 3 amide bonds. The molecule has 1 heterocycles. The first-order valence-electron chi connectivity index (χ1n) is 15.7. The molecule has 0 radical (unpaired) electrons. The Morgan fingerprint density at radius 2 is 1.80 bits per heavy atom. The van der Waals surface area contributed by atoms with Crippen molar-refractivity contribution in [1.82, 2.24) is 20.3 Å². The summed E-state index contributed by atoms with van der Waals surface area (Å²) >= 11 is -1.94. The molecule has 2 aliphatic carbocycles. The number of hydrogen-bond acceptors (Lipinski definition) is 7. The van der Waals surface area contributed by atoms with Crippen LogP contribution in [0.1, 0.15) is 92.4 Å². The van der Waals surface area contributed by atoms with Crippen LogP contribution in [0, 0.1) is 23.2 Å². The first-order chi connectivity index (χ1) is 20.6. The number of amides is 3. The molecule has 0 bridgehead atoms. The minimum Gasteiger partial charge on any atom is -0.481 e. The molecule has 3 aliphatic rings. The summed E-state index contributed by atoms with van der Waals surface area (Å²) in [7, 11) is 0. The van der Waals surface area contributed by atoms with Crippen molar-refractivity contribution >= 4 is 40.7 Å². The fourth-order valence-corrected chi connectivity index (χ4v) is 7.66. The third kappa shape index (κ3) is 9.20. The molecule has 0 aromatic carbocycles. The van der Waals surface area contributed by atoms with Gasteiger partial charge in [0.2, 0.25) is 28.9 Å². The lowest BCUT2D eigenvalue weighted by molar-refractivity contribution is -0.144. The van der Waals surface area contributed by atoms with Gasteiger partial charge >= 0.3 is 5.97 Å². The number of hydrogen-bond donors (Lipinski definition) is 4. The Labute approximate surface area is 263 Å². The number of piperidine rings is 1. The lowest BCUT2D eigenvalue weighted by Gasteiger charge is -2.37. The van der Waals surface area contributed by atoms with E-state index in [4.69, 9.17) is 9.29 Å². The monoisotopic (exact) mass is 638 g/mol. The first-order valence-corrected chi connectivity index (χ1v) is 16.8. The lowest BCUT2D eigenvalue weighted by atomic mass is 9.83. The van der Waals surface area contributed by atoms with Crippen LogP contribution < -0.4 is 15.4 Å². The van der Waals surface area contributed by atoms with E-state index in [1.807, 2.05) is 0 Å². The number of Topliss-reactive ketones (excluding diaryl/α,β-unsaturated/α-hetero) is 1. The number of allylic oxidation sites excluding steroid dienone is 1. The van der Waals surface area contributed by atoms with E-state index in [1.54, 1.807) is 31.7 Å². The number of likely N-dealkylation sites (tertiary alicyclic amines) is 1. The maximum absolute atomic E-state index is 14.2. The summed E-state index contributed by atoms with van der Waals surface area (Å²) in [4.78, 5) is 66.2. The molecule has 0 spiro atoms. The third-order valence-corrected chi connectivity index (χ3v) is 10.2. The number of carboxylic acid groups (broad SMARTS) is 1. The van der Waals surface area contributed by atoms with Crippen molar-refractivity contribution in [1.29, 1.82) is 0 Å². The summed E-state index contributed by atoms with van der Waals surface area (Å²) in [5, 5.41) is 14.0. The second-order valence-corrected chi connectivity index (χ2v) is 14.7. The van der Waals surface area contributed by atoms with Crippen molar-refractivity contribution in [3.05, 3.63) is 12.7 Å². The molecule has 4 N–H and O–H groups in total. The Hall–Kier alpha value is -2.64. The summed E-state index contributed by atoms with van der Waals surface area (Å²) in [5.41, 5.74) is -0.887. The molecule has 0 aromatic rings. The van der Waals surface area contributed by atoms with Gasteiger partial charge in [-0.25, -0.2) is 8.93 Å². The zero-order valence-electron chi connectivity index (χ0n) is 26.7. The molecular weight excluding hydrogens is 588 g/mol. The van der Waals surface area contributed by atoms with Gasteiger partial charge in [-0.15, -0.1) is 6.58 Å². The minimum absolute atomic E-state index is 0.0116. The van der Waals surface area contributed by atoms with Gasteiger partial charge in [0.1, 0.15) is 12.1 Å². The fourth-order valence-electron chi connectivity index (χ4n) is 6.66. The average molecular weight is 639 g/mol. The summed E-state index contributed by atoms with van der Waals surface area (Å²) in [6, 6.07) is -2.80. The number of nitrogens with zero attached hydrogens (tertiary/aromatic N) is 1. The van der Waals surface area contributed by atoms with Crippen molar-refractivity contribution in [3.8, 4) is 0 Å². The minimum atomic E-state index is -1.94. The van der Waals surface area contributed by atoms with Gasteiger partial charge in [-0.2, -0.15) is 0 Å². The highest BCUT2D eigenvalue weighted by Crippen LogP contribution is 2.65. The van der Waals surface area contributed by atoms with Gasteiger partial charge in [0, 0.05) is 19.5 Å². The Morgan fingerprint density at radius 3 is 2.39 bits per heavy atom. The molecule has 12 nitrogen and oxygen atoms in total. The molecule has 3 rings (SSSR count). The number of fused-ring (bicyclic) bond motifs is 1. The van der Waals surface area contributed by atoms with Gasteiger partial charge in [-0.05, 0) is 76.0 Å². The zero-order valence-corrected chi connectivity index (χ0v) is 27.5. The maximum Gasteiger partial charge on any atom is 0.303 e. The maximum atomic E-state index is 14.2. The van der Waals surface area contributed by atoms with Crippen LogP contribution >= 0.6 is 0 Å². The second-order valence-electron chi connectivity index (χ2n) is 13.9. The van der Waals surface area contributed by atoms with Crippen LogP contribution in [0.2, 0.25) is 0 Å². The Morgan fingerprint density at radius 1 is 1.14 bits per heavy atom. The highest BCUT2D eigenvalue weighted by Gasteiger charge is 2.69. The van der Waals surface area contributed by atoms with Crippen LogP contribution in [0.25, 0.3) is 0 Å². The van der Waals surface area contributed by atoms with Crippen molar-refractivity contribution in [2.24, 2.45) is 23.2 Å². The SMILES string of the molecule is C=CCC[C@@H](NC(=O)[C@@H]1[C@@H]2C(CN1C(=O)[C@@H](NS(=O)OC(C)(C)C)C1CCCCC1)C2(C)C)C(=O)C(=O)NCCCC(=O)O. The highest BCUT2D eigenvalue weighted by atomic mass is 32.2. The van der Waals surface area contributed by atoms with E-state index in [0.29, 0.717) is 13.0 Å². The van der Waals surface area contributed by atoms with E-state index in [0.717, 1.165) is 32.1 Å². The molecule has 6 atom stereocenters. The molecule has 13 heteroatoms. The quantitative estimate of drug-likeness (QED) is 0.113. The Kier molecular flexibility index (Phi) is 12.3. The standard InChI is InChI=1S/C31H50N4O8S/c1-7-8-15-21(26(38)28(40)32-17-12-16-22(36)37)33-27(39)25-23-20(31(23,5)6)18-35(25)29(41)24(19-13-10-9-11-14-19)34-44(42)43-30(2,3)4/h7,19-21,23-25,34H,1,8-18H2,2-6H3,(H,32,40)(H,33,39)(H,36,37)/t20?,21-,23+,24+,25+,44?/m1/s1. The van der Waals surface area contributed by atoms with Crippen molar-refractivity contribution in [3.63, 3.8) is 0 Å². The van der Waals surface area contributed by atoms with E-state index in [-0.39, 0.29) is 54.9 Å². The van der Waals surface area contributed by atoms with E-state index in [2.05, 4.69) is 35.8 Å². The highest BCUT2D eigenvalue weighted by molar-refractivity contribution is 7.78. The molecular formula is C31H50N4O8S. The number of ketones is 1. The van der Waals surface area contributed by atoms with Crippen LogP contribution in [0.15, 0.2) is 12.7 Å². The van der Waals surface area contributed by atoms with Crippen LogP contribution in [-0.4, -0.2) is 80.5 Å². The number of carbonyl (C=O) groups excluding carboxylic acids is 4. The largest absolute Gasteiger partial charge is 0.481 e. The van der Waals surface area contributed by atoms with Crippen LogP contribution in [0.4, 0.5) is 0 Å². The zero-order chi connectivity index (χ0) is 32.8. The molecule has 2 unspecified atom stereocenters. The van der Waals surface area contributed by atoms with Crippen molar-refractivity contribution < 1.29 is 37.5 Å². The molecule has 1 saturated heterocycles. The number of rotatable bonds is 16. The van der Waals surface area contributed by atoms with Gasteiger partial charge in [0.15, 0.2) is 0 Å². The molecule has 248 valence electrons. The fraction of sp³-hybridized carbons (Fsp3) is 0.774. The topological polar surface area (TPSA) is 171 Å². The molecule has 0 aromatic heterocycles. The van der Waals surface area contributed by atoms with Gasteiger partial charge in [-0.3, -0.25) is 28.2 Å². The van der Waals surface area contributed by atoms with E-state index < -0.39 is 58.6 Å². The van der Waals surface area contributed by atoms with Crippen LogP contribution in [0.3, 0.4) is 0 Å². The second kappa shape index (κ2) is 15.1. The summed E-state index contributed by atoms with van der Waals surface area (Å²) in [6.07, 6.45) is 6.66. The number of carboxylic acids is 1. The van der Waals surface area contributed by atoms with Crippen LogP contribution in [0.5, 0.6) is 0 Å². The summed E-state index contributed by atoms with van der Waals surface area (Å²) < 4.78 is 21.5. The number of carbonyl (C=O) groups is 5. The van der Waals surface area contributed by atoms with E-state index in [9.17, 15) is 28.2 Å². The number of nitrogens with one attached hydrogen (secondary N) is 3. The molecule has 2 saturated carbocycles.